The van der Waals surface area contributed by atoms with Crippen molar-refractivity contribution in [2.45, 2.75) is 12.1 Å². The summed E-state index contributed by atoms with van der Waals surface area (Å²) in [6, 6.07) is -3.62. The summed E-state index contributed by atoms with van der Waals surface area (Å²) >= 11 is 0. The highest BCUT2D eigenvalue weighted by Crippen LogP contribution is 2.28. The fraction of sp³-hybridized carbons (Fsp3) is 0.500. The lowest BCUT2D eigenvalue weighted by molar-refractivity contribution is -0.199. The van der Waals surface area contributed by atoms with E-state index in [0.29, 0.717) is 0 Å². The maximum absolute atomic E-state index is 11.6. The third-order valence-corrected chi connectivity index (χ3v) is 0.789. The minimum Gasteiger partial charge on any atom is -0.282 e. The number of alkyl halides is 5. The first-order chi connectivity index (χ1) is 5.10. The van der Waals surface area contributed by atoms with Gasteiger partial charge in [-0.1, -0.05) is 0 Å². The Hall–Kier alpha value is -1.08. The van der Waals surface area contributed by atoms with E-state index in [4.69, 9.17) is 0 Å². The maximum atomic E-state index is 11.6. The summed E-state index contributed by atoms with van der Waals surface area (Å²) in [4.78, 5) is 18.8. The van der Waals surface area contributed by atoms with Gasteiger partial charge in [0.15, 0.2) is 0 Å². The van der Waals surface area contributed by atoms with Crippen LogP contribution in [0, 0.1) is 0 Å². The molecule has 0 spiro atoms. The molecule has 0 N–H and O–H groups in total. The summed E-state index contributed by atoms with van der Waals surface area (Å²) in [5, 5.41) is 0. The van der Waals surface area contributed by atoms with Crippen molar-refractivity contribution in [3.63, 3.8) is 0 Å². The number of hydrogen-bond donors (Lipinski definition) is 0. The zero-order valence-electron chi connectivity index (χ0n) is 5.08. The molecule has 0 radical (unpaired) electrons. The maximum Gasteiger partial charge on any atom is 0.457 e. The number of Topliss-reactive ketones (excluding diaryl/α,β-unsaturated/α-hetero) is 1. The minimum atomic E-state index is -5.93. The van der Waals surface area contributed by atoms with Gasteiger partial charge in [0.1, 0.15) is 0 Å². The van der Waals surface area contributed by atoms with Gasteiger partial charge in [-0.3, -0.25) is 9.59 Å². The molecule has 0 aliphatic rings. The molecule has 0 heterocycles. The highest BCUT2D eigenvalue weighted by Gasteiger charge is 2.60. The van der Waals surface area contributed by atoms with Crippen LogP contribution in [0.4, 0.5) is 26.3 Å². The number of carbonyl (C=O) groups excluding carboxylic acids is 2. The van der Waals surface area contributed by atoms with Gasteiger partial charge >= 0.3 is 23.9 Å². The van der Waals surface area contributed by atoms with E-state index in [1.165, 1.54) is 0 Å². The Balaban J connectivity index is 4.83. The van der Waals surface area contributed by atoms with E-state index in [1.54, 1.807) is 0 Å². The van der Waals surface area contributed by atoms with E-state index in [9.17, 15) is 35.9 Å². The fourth-order valence-corrected chi connectivity index (χ4v) is 0.267. The van der Waals surface area contributed by atoms with Crippen LogP contribution in [-0.4, -0.2) is 23.9 Å². The number of halogens is 6. The third kappa shape index (κ3) is 1.95. The number of hydrogen-bond acceptors (Lipinski definition) is 2. The van der Waals surface area contributed by atoms with Crippen molar-refractivity contribution in [3.8, 4) is 0 Å². The molecule has 0 bridgehead atoms. The molecule has 0 aromatic rings. The van der Waals surface area contributed by atoms with Crippen molar-refractivity contribution in [3.05, 3.63) is 0 Å². The van der Waals surface area contributed by atoms with Crippen LogP contribution < -0.4 is 0 Å². The first-order valence-electron chi connectivity index (χ1n) is 2.29. The van der Waals surface area contributed by atoms with E-state index in [2.05, 4.69) is 0 Å². The normalized spacial score (nSPS) is 12.8. The molecule has 0 fully saturated rings. The minimum absolute atomic E-state index is 3.62. The average molecular weight is 194 g/mol. The second-order valence-electron chi connectivity index (χ2n) is 1.67. The molecule has 0 amide bonds. The summed E-state index contributed by atoms with van der Waals surface area (Å²) in [6.07, 6.45) is -5.93. The summed E-state index contributed by atoms with van der Waals surface area (Å²) in [5.74, 6) is -9.33. The van der Waals surface area contributed by atoms with Crippen molar-refractivity contribution in [1.29, 1.82) is 0 Å². The van der Waals surface area contributed by atoms with Crippen LogP contribution in [0.5, 0.6) is 0 Å². The van der Waals surface area contributed by atoms with Crippen molar-refractivity contribution in [1.82, 2.24) is 0 Å². The SMILES string of the molecule is O=C(F)C(F)(F)C(=O)C(F)(F)F. The Morgan fingerprint density at radius 1 is 0.917 bits per heavy atom. The van der Waals surface area contributed by atoms with Crippen LogP contribution in [-0.2, 0) is 9.59 Å². The van der Waals surface area contributed by atoms with Crippen molar-refractivity contribution in [2.24, 2.45) is 0 Å². The fourth-order valence-electron chi connectivity index (χ4n) is 0.267. The van der Waals surface area contributed by atoms with Gasteiger partial charge in [0.2, 0.25) is 0 Å². The predicted molar refractivity (Wildman–Crippen MR) is 22.1 cm³/mol. The smallest absolute Gasteiger partial charge is 0.282 e. The lowest BCUT2D eigenvalue weighted by Gasteiger charge is -2.10. The van der Waals surface area contributed by atoms with Gasteiger partial charge in [-0.15, -0.1) is 0 Å². The summed E-state index contributed by atoms with van der Waals surface area (Å²) < 4.78 is 67.9. The lowest BCUT2D eigenvalue weighted by atomic mass is 10.2. The molecule has 12 heavy (non-hydrogen) atoms. The van der Waals surface area contributed by atoms with Crippen LogP contribution >= 0.6 is 0 Å². The molecule has 0 rings (SSSR count). The van der Waals surface area contributed by atoms with E-state index in [-0.39, 0.29) is 0 Å². The molecule has 70 valence electrons. The Labute approximate surface area is 61.2 Å². The van der Waals surface area contributed by atoms with E-state index >= 15 is 0 Å². The van der Waals surface area contributed by atoms with Crippen LogP contribution in [0.25, 0.3) is 0 Å². The molecular formula is C4F6O2. The van der Waals surface area contributed by atoms with Crippen LogP contribution in [0.2, 0.25) is 0 Å². The molecule has 0 unspecified atom stereocenters. The third-order valence-electron chi connectivity index (χ3n) is 0.789. The largest absolute Gasteiger partial charge is 0.457 e. The van der Waals surface area contributed by atoms with Gasteiger partial charge in [-0.05, 0) is 0 Å². The van der Waals surface area contributed by atoms with Gasteiger partial charge < -0.3 is 0 Å². The van der Waals surface area contributed by atoms with Crippen molar-refractivity contribution >= 4 is 11.8 Å². The van der Waals surface area contributed by atoms with E-state index < -0.39 is 23.9 Å². The predicted octanol–water partition coefficient (Wildman–Crippen LogP) is 1.25. The first kappa shape index (κ1) is 10.9. The van der Waals surface area contributed by atoms with Crippen molar-refractivity contribution < 1.29 is 35.9 Å². The van der Waals surface area contributed by atoms with E-state index in [0.717, 1.165) is 0 Å². The molecule has 0 saturated carbocycles. The standard InChI is InChI=1S/C4F6O2/c5-2(12)3(6,7)1(11)4(8,9)10. The lowest BCUT2D eigenvalue weighted by Crippen LogP contribution is -2.44. The Kier molecular flexibility index (Phi) is 2.51. The van der Waals surface area contributed by atoms with Gasteiger partial charge in [-0.25, -0.2) is 0 Å². The monoisotopic (exact) mass is 194 g/mol. The molecule has 0 aromatic heterocycles. The molecule has 0 aromatic carbocycles. The molecule has 0 aliphatic heterocycles. The molecule has 0 aliphatic carbocycles. The van der Waals surface area contributed by atoms with Gasteiger partial charge in [0.05, 0.1) is 0 Å². The second-order valence-corrected chi connectivity index (χ2v) is 1.67. The van der Waals surface area contributed by atoms with Gasteiger partial charge in [-0.2, -0.15) is 26.3 Å². The molecule has 8 heteroatoms. The Bertz CT molecular complexity index is 216. The number of ketones is 1. The van der Waals surface area contributed by atoms with Crippen LogP contribution in [0.3, 0.4) is 0 Å². The highest BCUT2D eigenvalue weighted by atomic mass is 19.4. The zero-order valence-corrected chi connectivity index (χ0v) is 5.08. The van der Waals surface area contributed by atoms with E-state index in [1.807, 2.05) is 0 Å². The average Bonchev–Trinajstić information content (AvgIpc) is 1.83. The quantitative estimate of drug-likeness (QED) is 0.376. The Morgan fingerprint density at radius 2 is 1.25 bits per heavy atom. The highest BCUT2D eigenvalue weighted by molar-refractivity contribution is 6.07. The summed E-state index contributed by atoms with van der Waals surface area (Å²) in [7, 11) is 0. The Morgan fingerprint density at radius 3 is 1.33 bits per heavy atom. The summed E-state index contributed by atoms with van der Waals surface area (Å²) in [6.45, 7) is 0. The molecule has 2 nitrogen and oxygen atoms in total. The number of carbonyl (C=O) groups is 2. The molecule has 0 saturated heterocycles. The topological polar surface area (TPSA) is 34.1 Å². The molecule has 0 atom stereocenters. The van der Waals surface area contributed by atoms with Crippen LogP contribution in [0.1, 0.15) is 0 Å². The molecular weight excluding hydrogens is 194 g/mol. The zero-order chi connectivity index (χ0) is 10.2. The van der Waals surface area contributed by atoms with Gasteiger partial charge in [0, 0.05) is 0 Å². The summed E-state index contributed by atoms with van der Waals surface area (Å²) in [5.41, 5.74) is 0. The van der Waals surface area contributed by atoms with Gasteiger partial charge in [0.25, 0.3) is 0 Å². The second kappa shape index (κ2) is 2.76. The van der Waals surface area contributed by atoms with Crippen molar-refractivity contribution in [2.75, 3.05) is 0 Å². The number of rotatable bonds is 2. The van der Waals surface area contributed by atoms with Crippen LogP contribution in [0.15, 0.2) is 0 Å². The first-order valence-corrected chi connectivity index (χ1v) is 2.29.